The molecule has 0 saturated carbocycles. The maximum atomic E-state index is 12.3. The van der Waals surface area contributed by atoms with E-state index in [0.717, 1.165) is 19.3 Å². The van der Waals surface area contributed by atoms with E-state index in [9.17, 15) is 8.42 Å². The van der Waals surface area contributed by atoms with Gasteiger partial charge in [0.2, 0.25) is 0 Å². The van der Waals surface area contributed by atoms with Crippen LogP contribution in [0.4, 0.5) is 0 Å². The Hall–Kier alpha value is -1.15. The van der Waals surface area contributed by atoms with Crippen LogP contribution in [0.1, 0.15) is 25.7 Å². The van der Waals surface area contributed by atoms with Gasteiger partial charge in [-0.3, -0.25) is 4.40 Å². The Kier molecular flexibility index (Phi) is 5.58. The molecular formula is C13H18ClN3O3S. The number of halogens is 1. The quantitative estimate of drug-likeness (QED) is 0.723. The fourth-order valence-electron chi connectivity index (χ4n) is 2.05. The molecular weight excluding hydrogens is 314 g/mol. The Balaban J connectivity index is 2.06. The summed E-state index contributed by atoms with van der Waals surface area (Å²) in [6.45, 7) is 0.507. The highest BCUT2D eigenvalue weighted by atomic mass is 35.5. The molecule has 0 amide bonds. The minimum absolute atomic E-state index is 0.0323. The van der Waals surface area contributed by atoms with Crippen LogP contribution in [0, 0.1) is 0 Å². The molecule has 2 N–H and O–H groups in total. The molecule has 0 atom stereocenters. The van der Waals surface area contributed by atoms with Crippen LogP contribution in [0.3, 0.4) is 0 Å². The lowest BCUT2D eigenvalue weighted by Gasteiger charge is -2.06. The van der Waals surface area contributed by atoms with Crippen molar-refractivity contribution in [3.05, 3.63) is 29.5 Å². The van der Waals surface area contributed by atoms with E-state index in [1.165, 1.54) is 4.40 Å². The summed E-state index contributed by atoms with van der Waals surface area (Å²) in [5, 5.41) is 8.61. The van der Waals surface area contributed by atoms with Gasteiger partial charge in [0.1, 0.15) is 5.65 Å². The first-order valence-electron chi connectivity index (χ1n) is 6.79. The second-order valence-corrected chi connectivity index (χ2v) is 6.71. The predicted molar refractivity (Wildman–Crippen MR) is 80.9 cm³/mol. The number of nitrogens with one attached hydrogen (secondary N) is 1. The van der Waals surface area contributed by atoms with Crippen molar-refractivity contribution in [3.8, 4) is 0 Å². The van der Waals surface area contributed by atoms with Crippen molar-refractivity contribution in [1.29, 1.82) is 0 Å². The van der Waals surface area contributed by atoms with Crippen LogP contribution in [0.25, 0.3) is 5.65 Å². The van der Waals surface area contributed by atoms with E-state index in [0.29, 0.717) is 18.6 Å². The number of aromatic nitrogens is 2. The summed E-state index contributed by atoms with van der Waals surface area (Å²) in [5.41, 5.74) is 0.492. The molecule has 116 valence electrons. The maximum absolute atomic E-state index is 12.3. The molecule has 2 aromatic rings. The van der Waals surface area contributed by atoms with Crippen molar-refractivity contribution in [3.63, 3.8) is 0 Å². The van der Waals surface area contributed by atoms with Gasteiger partial charge in [0.15, 0.2) is 10.2 Å². The van der Waals surface area contributed by atoms with Crippen LogP contribution in [0.2, 0.25) is 5.15 Å². The number of unbranched alkanes of at least 4 members (excludes halogenated alkanes) is 3. The first-order chi connectivity index (χ1) is 10.1. The Morgan fingerprint density at radius 3 is 2.76 bits per heavy atom. The van der Waals surface area contributed by atoms with Gasteiger partial charge in [-0.25, -0.2) is 18.1 Å². The minimum Gasteiger partial charge on any atom is -0.396 e. The molecule has 2 aromatic heterocycles. The second-order valence-electron chi connectivity index (χ2n) is 4.67. The lowest BCUT2D eigenvalue weighted by molar-refractivity contribution is 0.282. The average Bonchev–Trinajstić information content (AvgIpc) is 2.79. The van der Waals surface area contributed by atoms with E-state index in [-0.39, 0.29) is 16.8 Å². The first kappa shape index (κ1) is 16.2. The fraction of sp³-hybridized carbons (Fsp3) is 0.462. The summed E-state index contributed by atoms with van der Waals surface area (Å²) >= 11 is 5.95. The number of aliphatic hydroxyl groups excluding tert-OH is 1. The van der Waals surface area contributed by atoms with Crippen LogP contribution >= 0.6 is 11.6 Å². The normalized spacial score (nSPS) is 12.1. The summed E-state index contributed by atoms with van der Waals surface area (Å²) in [7, 11) is -3.70. The number of nitrogens with zero attached hydrogens (tertiary/aromatic N) is 2. The van der Waals surface area contributed by atoms with Gasteiger partial charge < -0.3 is 5.11 Å². The highest BCUT2D eigenvalue weighted by molar-refractivity contribution is 7.89. The molecule has 8 heteroatoms. The van der Waals surface area contributed by atoms with Crippen LogP contribution in [-0.2, 0) is 10.0 Å². The van der Waals surface area contributed by atoms with E-state index >= 15 is 0 Å². The van der Waals surface area contributed by atoms with Gasteiger partial charge in [-0.2, -0.15) is 0 Å². The molecule has 2 heterocycles. The van der Waals surface area contributed by atoms with Crippen molar-refractivity contribution < 1.29 is 13.5 Å². The maximum Gasteiger partial charge on any atom is 0.259 e. The molecule has 6 nitrogen and oxygen atoms in total. The SMILES string of the molecule is O=S(=O)(NCCCCCCO)c1c(Cl)nc2ccccn12. The molecule has 2 rings (SSSR count). The van der Waals surface area contributed by atoms with Crippen LogP contribution in [0.15, 0.2) is 29.4 Å². The average molecular weight is 332 g/mol. The molecule has 0 aliphatic rings. The molecule has 0 radical (unpaired) electrons. The summed E-state index contributed by atoms with van der Waals surface area (Å²) in [6.07, 6.45) is 4.82. The number of rotatable bonds is 8. The number of pyridine rings is 1. The molecule has 0 aliphatic heterocycles. The van der Waals surface area contributed by atoms with Crippen molar-refractivity contribution in [2.24, 2.45) is 0 Å². The highest BCUT2D eigenvalue weighted by Gasteiger charge is 2.23. The predicted octanol–water partition coefficient (Wildman–Crippen LogP) is 1.82. The standard InChI is InChI=1S/C13H18ClN3O3S/c14-12-13(17-9-5-3-7-11(17)16-12)21(19,20)15-8-4-1-2-6-10-18/h3,5,7,9,15,18H,1-2,4,6,8,10H2. The first-order valence-corrected chi connectivity index (χ1v) is 8.65. The molecule has 0 aliphatic carbocycles. The number of hydrogen-bond donors (Lipinski definition) is 2. The highest BCUT2D eigenvalue weighted by Crippen LogP contribution is 2.22. The van der Waals surface area contributed by atoms with E-state index in [1.807, 2.05) is 0 Å². The van der Waals surface area contributed by atoms with E-state index < -0.39 is 10.0 Å². The number of aliphatic hydroxyl groups is 1. The Morgan fingerprint density at radius 2 is 2.00 bits per heavy atom. The molecule has 0 fully saturated rings. The molecule has 0 bridgehead atoms. The van der Waals surface area contributed by atoms with Crippen LogP contribution in [0.5, 0.6) is 0 Å². The number of sulfonamides is 1. The van der Waals surface area contributed by atoms with Gasteiger partial charge >= 0.3 is 0 Å². The third kappa shape index (κ3) is 3.94. The van der Waals surface area contributed by atoms with E-state index in [1.54, 1.807) is 24.4 Å². The van der Waals surface area contributed by atoms with Crippen molar-refractivity contribution in [2.75, 3.05) is 13.2 Å². The van der Waals surface area contributed by atoms with Crippen molar-refractivity contribution in [2.45, 2.75) is 30.7 Å². The molecule has 21 heavy (non-hydrogen) atoms. The van der Waals surface area contributed by atoms with Crippen LogP contribution < -0.4 is 4.72 Å². The number of hydrogen-bond acceptors (Lipinski definition) is 4. The number of fused-ring (bicyclic) bond motifs is 1. The summed E-state index contributed by atoms with van der Waals surface area (Å²) in [4.78, 5) is 4.03. The monoisotopic (exact) mass is 331 g/mol. The van der Waals surface area contributed by atoms with Gasteiger partial charge in [-0.1, -0.05) is 30.5 Å². The molecule has 0 spiro atoms. The fourth-order valence-corrected chi connectivity index (χ4v) is 3.76. The third-order valence-corrected chi connectivity index (χ3v) is 4.94. The lowest BCUT2D eigenvalue weighted by Crippen LogP contribution is -2.26. The van der Waals surface area contributed by atoms with E-state index in [4.69, 9.17) is 16.7 Å². The minimum atomic E-state index is -3.70. The Labute approximate surface area is 128 Å². The van der Waals surface area contributed by atoms with E-state index in [2.05, 4.69) is 9.71 Å². The van der Waals surface area contributed by atoms with Gasteiger partial charge in [0.05, 0.1) is 0 Å². The Morgan fingerprint density at radius 1 is 1.24 bits per heavy atom. The molecule has 0 saturated heterocycles. The van der Waals surface area contributed by atoms with Crippen molar-refractivity contribution >= 4 is 27.3 Å². The topological polar surface area (TPSA) is 83.7 Å². The summed E-state index contributed by atoms with van der Waals surface area (Å²) < 4.78 is 28.6. The molecule has 0 aromatic carbocycles. The second kappa shape index (κ2) is 7.22. The van der Waals surface area contributed by atoms with Gasteiger partial charge in [-0.05, 0) is 25.0 Å². The Bertz CT molecular complexity index is 700. The summed E-state index contributed by atoms with van der Waals surface area (Å²) in [5.74, 6) is 0. The van der Waals surface area contributed by atoms with Crippen LogP contribution in [-0.4, -0.2) is 36.1 Å². The van der Waals surface area contributed by atoms with Crippen molar-refractivity contribution in [1.82, 2.24) is 14.1 Å². The van der Waals surface area contributed by atoms with Gasteiger partial charge in [0, 0.05) is 19.3 Å². The zero-order valence-electron chi connectivity index (χ0n) is 11.5. The zero-order valence-corrected chi connectivity index (χ0v) is 13.1. The smallest absolute Gasteiger partial charge is 0.259 e. The molecule has 0 unspecified atom stereocenters. The largest absolute Gasteiger partial charge is 0.396 e. The van der Waals surface area contributed by atoms with Gasteiger partial charge in [0.25, 0.3) is 10.0 Å². The zero-order chi connectivity index (χ0) is 15.3. The lowest BCUT2D eigenvalue weighted by atomic mass is 10.2. The van der Waals surface area contributed by atoms with Gasteiger partial charge in [-0.15, -0.1) is 0 Å². The third-order valence-electron chi connectivity index (χ3n) is 3.08. The number of imidazole rings is 1. The summed E-state index contributed by atoms with van der Waals surface area (Å²) in [6, 6.07) is 5.18.